The molecule has 0 heterocycles. The fraction of sp³-hybridized carbons (Fsp3) is 0.143. The van der Waals surface area contributed by atoms with E-state index in [9.17, 15) is 13.2 Å². The molecule has 0 aliphatic carbocycles. The molecule has 0 aromatic heterocycles. The van der Waals surface area contributed by atoms with Crippen molar-refractivity contribution in [3.05, 3.63) is 59.7 Å². The van der Waals surface area contributed by atoms with Gasteiger partial charge in [-0.3, -0.25) is 0 Å². The van der Waals surface area contributed by atoms with Crippen LogP contribution >= 0.6 is 0 Å². The quantitative estimate of drug-likeness (QED) is 0.860. The molecule has 0 fully saturated rings. The van der Waals surface area contributed by atoms with Gasteiger partial charge in [-0.05, 0) is 28.8 Å². The third-order valence-electron chi connectivity index (χ3n) is 2.68. The van der Waals surface area contributed by atoms with Crippen molar-refractivity contribution < 1.29 is 18.3 Å². The summed E-state index contributed by atoms with van der Waals surface area (Å²) in [6, 6.07) is 12.0. The maximum absolute atomic E-state index is 12.4. The Balaban J connectivity index is 2.28. The summed E-state index contributed by atoms with van der Waals surface area (Å²) in [5.74, 6) is 0. The van der Waals surface area contributed by atoms with Gasteiger partial charge in [0.15, 0.2) is 0 Å². The molecule has 0 saturated carbocycles. The topological polar surface area (TPSA) is 20.2 Å². The lowest BCUT2D eigenvalue weighted by molar-refractivity contribution is -0.137. The molecule has 0 atom stereocenters. The Morgan fingerprint density at radius 1 is 0.778 bits per heavy atom. The Kier molecular flexibility index (Phi) is 3.39. The van der Waals surface area contributed by atoms with Crippen molar-refractivity contribution in [3.63, 3.8) is 0 Å². The molecule has 0 amide bonds. The Labute approximate surface area is 103 Å². The lowest BCUT2D eigenvalue weighted by Crippen LogP contribution is -2.03. The second-order valence-electron chi connectivity index (χ2n) is 3.93. The Hall–Kier alpha value is -1.81. The lowest BCUT2D eigenvalue weighted by Gasteiger charge is -2.08. The van der Waals surface area contributed by atoms with Crippen LogP contribution in [0.15, 0.2) is 48.5 Å². The molecule has 18 heavy (non-hydrogen) atoms. The van der Waals surface area contributed by atoms with E-state index in [2.05, 4.69) is 0 Å². The number of aliphatic hydroxyl groups is 1. The number of alkyl halides is 3. The number of rotatable bonds is 2. The molecule has 2 aromatic rings. The summed E-state index contributed by atoms with van der Waals surface area (Å²) >= 11 is 0. The average molecular weight is 252 g/mol. The van der Waals surface area contributed by atoms with Crippen LogP contribution in [-0.4, -0.2) is 5.11 Å². The Morgan fingerprint density at radius 3 is 1.61 bits per heavy atom. The van der Waals surface area contributed by atoms with E-state index < -0.39 is 11.7 Å². The third-order valence-corrected chi connectivity index (χ3v) is 2.68. The zero-order valence-electron chi connectivity index (χ0n) is 9.41. The maximum Gasteiger partial charge on any atom is 0.416 e. The molecule has 2 aromatic carbocycles. The van der Waals surface area contributed by atoms with E-state index in [1.807, 2.05) is 0 Å². The van der Waals surface area contributed by atoms with Gasteiger partial charge in [0.25, 0.3) is 0 Å². The summed E-state index contributed by atoms with van der Waals surface area (Å²) in [6.45, 7) is -0.0483. The van der Waals surface area contributed by atoms with Crippen LogP contribution in [0.2, 0.25) is 0 Å². The monoisotopic (exact) mass is 252 g/mol. The van der Waals surface area contributed by atoms with Gasteiger partial charge in [-0.25, -0.2) is 0 Å². The van der Waals surface area contributed by atoms with E-state index in [0.717, 1.165) is 23.3 Å². The van der Waals surface area contributed by atoms with E-state index in [1.54, 1.807) is 24.3 Å². The second kappa shape index (κ2) is 4.82. The van der Waals surface area contributed by atoms with E-state index in [4.69, 9.17) is 5.11 Å². The van der Waals surface area contributed by atoms with Crippen molar-refractivity contribution in [2.45, 2.75) is 12.8 Å². The van der Waals surface area contributed by atoms with E-state index in [0.29, 0.717) is 5.56 Å². The van der Waals surface area contributed by atoms with Crippen LogP contribution in [0.25, 0.3) is 11.1 Å². The molecule has 2 rings (SSSR count). The van der Waals surface area contributed by atoms with Gasteiger partial charge in [0.2, 0.25) is 0 Å². The molecule has 1 nitrogen and oxygen atoms in total. The normalized spacial score (nSPS) is 11.6. The first kappa shape index (κ1) is 12.6. The van der Waals surface area contributed by atoms with Crippen LogP contribution < -0.4 is 0 Å². The zero-order valence-corrected chi connectivity index (χ0v) is 9.41. The Bertz CT molecular complexity index is 512. The average Bonchev–Trinajstić information content (AvgIpc) is 2.38. The van der Waals surface area contributed by atoms with Gasteiger partial charge in [-0.15, -0.1) is 0 Å². The molecule has 0 aliphatic heterocycles. The molecule has 0 aliphatic rings. The number of halogens is 3. The van der Waals surface area contributed by atoms with Gasteiger partial charge in [-0.1, -0.05) is 36.4 Å². The summed E-state index contributed by atoms with van der Waals surface area (Å²) in [4.78, 5) is 0. The SMILES string of the molecule is OCc1ccc(-c2ccc(C(F)(F)F)cc2)cc1. The van der Waals surface area contributed by atoms with Crippen LogP contribution in [0.3, 0.4) is 0 Å². The van der Waals surface area contributed by atoms with Crippen molar-refractivity contribution in [1.29, 1.82) is 0 Å². The molecule has 0 unspecified atom stereocenters. The first-order valence-corrected chi connectivity index (χ1v) is 5.38. The molecule has 94 valence electrons. The van der Waals surface area contributed by atoms with Crippen LogP contribution in [0, 0.1) is 0 Å². The molecule has 0 saturated heterocycles. The van der Waals surface area contributed by atoms with Crippen LogP contribution in [0.4, 0.5) is 13.2 Å². The number of aliphatic hydroxyl groups excluding tert-OH is 1. The number of benzene rings is 2. The minimum atomic E-state index is -4.31. The maximum atomic E-state index is 12.4. The molecular formula is C14H11F3O. The minimum Gasteiger partial charge on any atom is -0.392 e. The zero-order chi connectivity index (χ0) is 13.2. The molecular weight excluding hydrogens is 241 g/mol. The predicted molar refractivity (Wildman–Crippen MR) is 62.8 cm³/mol. The lowest BCUT2D eigenvalue weighted by atomic mass is 10.0. The van der Waals surface area contributed by atoms with Crippen LogP contribution in [0.1, 0.15) is 11.1 Å². The second-order valence-corrected chi connectivity index (χ2v) is 3.93. The van der Waals surface area contributed by atoms with Crippen molar-refractivity contribution in [2.24, 2.45) is 0 Å². The highest BCUT2D eigenvalue weighted by Crippen LogP contribution is 2.30. The van der Waals surface area contributed by atoms with Gasteiger partial charge in [0, 0.05) is 0 Å². The third kappa shape index (κ3) is 2.71. The molecule has 0 spiro atoms. The fourth-order valence-corrected chi connectivity index (χ4v) is 1.65. The molecule has 0 bridgehead atoms. The van der Waals surface area contributed by atoms with Crippen LogP contribution in [-0.2, 0) is 12.8 Å². The van der Waals surface area contributed by atoms with Crippen molar-refractivity contribution in [2.75, 3.05) is 0 Å². The molecule has 0 radical (unpaired) electrons. The van der Waals surface area contributed by atoms with Gasteiger partial charge in [0.1, 0.15) is 0 Å². The molecule has 4 heteroatoms. The van der Waals surface area contributed by atoms with Crippen molar-refractivity contribution in [1.82, 2.24) is 0 Å². The first-order valence-electron chi connectivity index (χ1n) is 5.38. The van der Waals surface area contributed by atoms with Gasteiger partial charge >= 0.3 is 6.18 Å². The van der Waals surface area contributed by atoms with E-state index >= 15 is 0 Å². The summed E-state index contributed by atoms with van der Waals surface area (Å²) in [7, 11) is 0. The minimum absolute atomic E-state index is 0.0483. The van der Waals surface area contributed by atoms with Crippen LogP contribution in [0.5, 0.6) is 0 Å². The highest BCUT2D eigenvalue weighted by atomic mass is 19.4. The largest absolute Gasteiger partial charge is 0.416 e. The Morgan fingerprint density at radius 2 is 1.22 bits per heavy atom. The standard InChI is InChI=1S/C14H11F3O/c15-14(16,17)13-7-5-12(6-8-13)11-3-1-10(9-18)2-4-11/h1-8,18H,9H2. The van der Waals surface area contributed by atoms with E-state index in [1.165, 1.54) is 12.1 Å². The van der Waals surface area contributed by atoms with Crippen molar-refractivity contribution >= 4 is 0 Å². The fourth-order valence-electron chi connectivity index (χ4n) is 1.65. The summed E-state index contributed by atoms with van der Waals surface area (Å²) in [6.07, 6.45) is -4.31. The molecule has 1 N–H and O–H groups in total. The summed E-state index contributed by atoms with van der Waals surface area (Å²) in [5.41, 5.74) is 1.65. The smallest absolute Gasteiger partial charge is 0.392 e. The van der Waals surface area contributed by atoms with Gasteiger partial charge in [0.05, 0.1) is 12.2 Å². The van der Waals surface area contributed by atoms with Crippen molar-refractivity contribution in [3.8, 4) is 11.1 Å². The number of hydrogen-bond donors (Lipinski definition) is 1. The summed E-state index contributed by atoms with van der Waals surface area (Å²) < 4.78 is 37.2. The highest BCUT2D eigenvalue weighted by molar-refractivity contribution is 5.64. The first-order chi connectivity index (χ1) is 8.50. The predicted octanol–water partition coefficient (Wildman–Crippen LogP) is 3.86. The summed E-state index contributed by atoms with van der Waals surface area (Å²) in [5, 5.41) is 8.90. The highest BCUT2D eigenvalue weighted by Gasteiger charge is 2.29. The number of hydrogen-bond acceptors (Lipinski definition) is 1. The van der Waals surface area contributed by atoms with Gasteiger partial charge in [-0.2, -0.15) is 13.2 Å². The van der Waals surface area contributed by atoms with Gasteiger partial charge < -0.3 is 5.11 Å². The van der Waals surface area contributed by atoms with E-state index in [-0.39, 0.29) is 6.61 Å².